The smallest absolute Gasteiger partial charge is 0.0738 e. The predicted molar refractivity (Wildman–Crippen MR) is 66.8 cm³/mol. The monoisotopic (exact) mass is 273 g/mol. The van der Waals surface area contributed by atoms with E-state index in [-0.39, 0.29) is 6.04 Å². The Hall–Kier alpha value is -0.350. The first-order valence-corrected chi connectivity index (χ1v) is 6.29. The van der Waals surface area contributed by atoms with Crippen LogP contribution in [0.5, 0.6) is 0 Å². The van der Waals surface area contributed by atoms with Crippen LogP contribution in [0, 0.1) is 6.92 Å². The van der Waals surface area contributed by atoms with Crippen LogP contribution < -0.4 is 5.73 Å². The van der Waals surface area contributed by atoms with Crippen LogP contribution in [-0.2, 0) is 13.5 Å². The maximum Gasteiger partial charge on any atom is 0.0738 e. The summed E-state index contributed by atoms with van der Waals surface area (Å²) in [5.74, 6) is 0. The standard InChI is InChI=1S/C11H20BrN3/c1-4-5-6-9(13)7-10-11(12)8(2)14-15(10)3/h9H,4-7,13H2,1-3H3. The summed E-state index contributed by atoms with van der Waals surface area (Å²) in [6.07, 6.45) is 4.40. The Morgan fingerprint density at radius 3 is 2.67 bits per heavy atom. The van der Waals surface area contributed by atoms with Gasteiger partial charge in [0, 0.05) is 19.5 Å². The van der Waals surface area contributed by atoms with E-state index in [0.29, 0.717) is 0 Å². The van der Waals surface area contributed by atoms with E-state index < -0.39 is 0 Å². The number of rotatable bonds is 5. The van der Waals surface area contributed by atoms with Crippen molar-refractivity contribution in [3.05, 3.63) is 15.9 Å². The van der Waals surface area contributed by atoms with Gasteiger partial charge in [-0.05, 0) is 29.3 Å². The van der Waals surface area contributed by atoms with E-state index in [4.69, 9.17) is 5.73 Å². The van der Waals surface area contributed by atoms with Gasteiger partial charge in [0.05, 0.1) is 15.9 Å². The number of hydrogen-bond donors (Lipinski definition) is 1. The third-order valence-electron chi connectivity index (χ3n) is 2.65. The molecule has 0 radical (unpaired) electrons. The highest BCUT2D eigenvalue weighted by atomic mass is 79.9. The van der Waals surface area contributed by atoms with Crippen LogP contribution in [0.4, 0.5) is 0 Å². The average molecular weight is 274 g/mol. The topological polar surface area (TPSA) is 43.8 Å². The number of nitrogens with zero attached hydrogens (tertiary/aromatic N) is 2. The molecule has 0 amide bonds. The van der Waals surface area contributed by atoms with Gasteiger partial charge < -0.3 is 5.73 Å². The lowest BCUT2D eigenvalue weighted by molar-refractivity contribution is 0.551. The van der Waals surface area contributed by atoms with Crippen LogP contribution >= 0.6 is 15.9 Å². The lowest BCUT2D eigenvalue weighted by atomic mass is 10.1. The molecule has 0 aliphatic heterocycles. The first-order valence-electron chi connectivity index (χ1n) is 5.49. The quantitative estimate of drug-likeness (QED) is 0.896. The van der Waals surface area contributed by atoms with Gasteiger partial charge in [0.25, 0.3) is 0 Å². The van der Waals surface area contributed by atoms with Crippen molar-refractivity contribution < 1.29 is 0 Å². The van der Waals surface area contributed by atoms with E-state index in [0.717, 1.165) is 23.0 Å². The predicted octanol–water partition coefficient (Wildman–Crippen LogP) is 2.55. The maximum atomic E-state index is 6.08. The van der Waals surface area contributed by atoms with Crippen LogP contribution in [0.25, 0.3) is 0 Å². The van der Waals surface area contributed by atoms with Gasteiger partial charge in [-0.1, -0.05) is 19.8 Å². The molecule has 1 aromatic heterocycles. The van der Waals surface area contributed by atoms with E-state index in [9.17, 15) is 0 Å². The minimum absolute atomic E-state index is 0.246. The van der Waals surface area contributed by atoms with Crippen molar-refractivity contribution in [2.75, 3.05) is 0 Å². The highest BCUT2D eigenvalue weighted by Crippen LogP contribution is 2.21. The van der Waals surface area contributed by atoms with Crippen molar-refractivity contribution in [3.8, 4) is 0 Å². The summed E-state index contributed by atoms with van der Waals surface area (Å²) in [5, 5.41) is 4.36. The van der Waals surface area contributed by atoms with Gasteiger partial charge in [0.1, 0.15) is 0 Å². The molecule has 4 heteroatoms. The van der Waals surface area contributed by atoms with Gasteiger partial charge in [-0.2, -0.15) is 5.10 Å². The number of nitrogens with two attached hydrogens (primary N) is 1. The fourth-order valence-corrected chi connectivity index (χ4v) is 2.22. The first kappa shape index (κ1) is 12.7. The van der Waals surface area contributed by atoms with Crippen molar-refractivity contribution in [2.24, 2.45) is 12.8 Å². The fraction of sp³-hybridized carbons (Fsp3) is 0.727. The van der Waals surface area contributed by atoms with Crippen molar-refractivity contribution in [2.45, 2.75) is 45.6 Å². The average Bonchev–Trinajstić information content (AvgIpc) is 2.42. The van der Waals surface area contributed by atoms with E-state index in [1.165, 1.54) is 18.5 Å². The molecule has 15 heavy (non-hydrogen) atoms. The minimum Gasteiger partial charge on any atom is -0.327 e. The Kier molecular flexibility index (Phi) is 4.80. The molecule has 86 valence electrons. The summed E-state index contributed by atoms with van der Waals surface area (Å²) in [6, 6.07) is 0.246. The third-order valence-corrected chi connectivity index (χ3v) is 3.68. The van der Waals surface area contributed by atoms with Crippen LogP contribution in [-0.4, -0.2) is 15.8 Å². The fourth-order valence-electron chi connectivity index (χ4n) is 1.72. The number of aryl methyl sites for hydroxylation is 2. The van der Waals surface area contributed by atoms with Crippen molar-refractivity contribution in [1.29, 1.82) is 0 Å². The van der Waals surface area contributed by atoms with Crippen LogP contribution in [0.2, 0.25) is 0 Å². The summed E-state index contributed by atoms with van der Waals surface area (Å²) in [4.78, 5) is 0. The molecule has 0 fully saturated rings. The lowest BCUT2D eigenvalue weighted by Gasteiger charge is -2.11. The highest BCUT2D eigenvalue weighted by molar-refractivity contribution is 9.10. The molecule has 1 rings (SSSR count). The normalized spacial score (nSPS) is 13.1. The molecule has 3 nitrogen and oxygen atoms in total. The second kappa shape index (κ2) is 5.66. The second-order valence-corrected chi connectivity index (χ2v) is 4.87. The van der Waals surface area contributed by atoms with Crippen molar-refractivity contribution in [3.63, 3.8) is 0 Å². The molecule has 1 unspecified atom stereocenters. The number of unbranched alkanes of at least 4 members (excludes halogenated alkanes) is 1. The highest BCUT2D eigenvalue weighted by Gasteiger charge is 2.13. The maximum absolute atomic E-state index is 6.08. The van der Waals surface area contributed by atoms with Gasteiger partial charge in [0.15, 0.2) is 0 Å². The molecular formula is C11H20BrN3. The molecule has 0 saturated carbocycles. The van der Waals surface area contributed by atoms with Gasteiger partial charge in [0.2, 0.25) is 0 Å². The molecule has 0 spiro atoms. The zero-order valence-electron chi connectivity index (χ0n) is 9.76. The summed E-state index contributed by atoms with van der Waals surface area (Å²) < 4.78 is 3.03. The number of hydrogen-bond acceptors (Lipinski definition) is 2. The Labute approximate surface area is 100 Å². The summed E-state index contributed by atoms with van der Waals surface area (Å²) in [7, 11) is 1.97. The zero-order chi connectivity index (χ0) is 11.4. The van der Waals surface area contributed by atoms with Gasteiger partial charge >= 0.3 is 0 Å². The Morgan fingerprint density at radius 2 is 2.20 bits per heavy atom. The summed E-state index contributed by atoms with van der Waals surface area (Å²) in [5.41, 5.74) is 8.32. The first-order chi connectivity index (χ1) is 7.06. The Bertz CT molecular complexity index is 320. The van der Waals surface area contributed by atoms with Gasteiger partial charge in [-0.3, -0.25) is 4.68 Å². The Morgan fingerprint density at radius 1 is 1.53 bits per heavy atom. The van der Waals surface area contributed by atoms with E-state index in [1.54, 1.807) is 0 Å². The summed E-state index contributed by atoms with van der Waals surface area (Å²) >= 11 is 3.56. The zero-order valence-corrected chi connectivity index (χ0v) is 11.3. The van der Waals surface area contributed by atoms with E-state index in [1.807, 2.05) is 18.7 Å². The second-order valence-electron chi connectivity index (χ2n) is 4.08. The van der Waals surface area contributed by atoms with E-state index >= 15 is 0 Å². The Balaban J connectivity index is 2.63. The molecule has 0 aliphatic rings. The third kappa shape index (κ3) is 3.31. The van der Waals surface area contributed by atoms with Crippen LogP contribution in [0.15, 0.2) is 4.47 Å². The lowest BCUT2D eigenvalue weighted by Crippen LogP contribution is -2.24. The van der Waals surface area contributed by atoms with Gasteiger partial charge in [-0.15, -0.1) is 0 Å². The molecule has 0 saturated heterocycles. The molecule has 2 N–H and O–H groups in total. The molecule has 1 aromatic rings. The van der Waals surface area contributed by atoms with Crippen LogP contribution in [0.1, 0.15) is 37.6 Å². The molecule has 0 bridgehead atoms. The van der Waals surface area contributed by atoms with Crippen molar-refractivity contribution >= 4 is 15.9 Å². The van der Waals surface area contributed by atoms with Gasteiger partial charge in [-0.25, -0.2) is 0 Å². The minimum atomic E-state index is 0.246. The number of halogens is 1. The SMILES string of the molecule is CCCCC(N)Cc1c(Br)c(C)nn1C. The largest absolute Gasteiger partial charge is 0.327 e. The molecule has 0 aliphatic carbocycles. The summed E-state index contributed by atoms with van der Waals surface area (Å²) in [6.45, 7) is 4.20. The molecule has 0 aromatic carbocycles. The molecule has 1 heterocycles. The number of aromatic nitrogens is 2. The molecular weight excluding hydrogens is 254 g/mol. The van der Waals surface area contributed by atoms with Crippen molar-refractivity contribution in [1.82, 2.24) is 9.78 Å². The van der Waals surface area contributed by atoms with E-state index in [2.05, 4.69) is 28.0 Å². The van der Waals surface area contributed by atoms with Crippen LogP contribution in [0.3, 0.4) is 0 Å². The molecule has 1 atom stereocenters.